The summed E-state index contributed by atoms with van der Waals surface area (Å²) >= 11 is 0. The van der Waals surface area contributed by atoms with Crippen molar-refractivity contribution in [1.29, 1.82) is 0 Å². The number of hydrogen-bond donors (Lipinski definition) is 2. The molecule has 2 aliphatic rings. The number of nitrogens with zero attached hydrogens (tertiary/aromatic N) is 1. The Kier molecular flexibility index (Phi) is 4.60. The average molecular weight is 348 g/mol. The maximum absolute atomic E-state index is 12.7. The number of ether oxygens (including phenoxy) is 2. The molecule has 1 saturated carbocycles. The van der Waals surface area contributed by atoms with E-state index >= 15 is 0 Å². The van der Waals surface area contributed by atoms with E-state index in [4.69, 9.17) is 9.47 Å². The van der Waals surface area contributed by atoms with Crippen molar-refractivity contribution >= 4 is 11.9 Å². The van der Waals surface area contributed by atoms with E-state index in [0.717, 1.165) is 23.3 Å². The molecule has 2 fully saturated rings. The summed E-state index contributed by atoms with van der Waals surface area (Å²) in [5.74, 6) is 1.52. The number of carbonyl (C=O) groups excluding carboxylic acids is 2. The van der Waals surface area contributed by atoms with Crippen LogP contribution in [0.5, 0.6) is 11.5 Å². The number of benzene rings is 1. The number of nitrogens with one attached hydrogen (secondary N) is 2. The van der Waals surface area contributed by atoms with Crippen LogP contribution in [0.15, 0.2) is 18.2 Å². The fraction of sp³-hybridized carbons (Fsp3) is 0.556. The van der Waals surface area contributed by atoms with Crippen LogP contribution >= 0.6 is 0 Å². The van der Waals surface area contributed by atoms with Gasteiger partial charge >= 0.3 is 6.03 Å². The van der Waals surface area contributed by atoms with Gasteiger partial charge in [0.2, 0.25) is 0 Å². The van der Waals surface area contributed by atoms with Gasteiger partial charge in [-0.25, -0.2) is 9.69 Å². The molecule has 1 aliphatic heterocycles. The number of rotatable bonds is 7. The van der Waals surface area contributed by atoms with E-state index in [1.807, 2.05) is 32.2 Å². The van der Waals surface area contributed by atoms with Crippen molar-refractivity contribution in [3.05, 3.63) is 23.8 Å². The Morgan fingerprint density at radius 2 is 1.92 bits per heavy atom. The average Bonchev–Trinajstić information content (AvgIpc) is 3.41. The van der Waals surface area contributed by atoms with Crippen molar-refractivity contribution in [2.24, 2.45) is 5.92 Å². The molecule has 25 heavy (non-hydrogen) atoms. The Bertz CT molecular complexity index is 689. The Hall–Kier alpha value is -2.28. The van der Waals surface area contributed by atoms with Gasteiger partial charge in [0, 0.05) is 5.56 Å². The Morgan fingerprint density at radius 1 is 1.24 bits per heavy atom. The third-order valence-electron chi connectivity index (χ3n) is 5.08. The molecule has 2 N–H and O–H groups in total. The van der Waals surface area contributed by atoms with Gasteiger partial charge < -0.3 is 19.7 Å². The predicted octanol–water partition coefficient (Wildman–Crippen LogP) is 0.397. The highest BCUT2D eigenvalue weighted by Crippen LogP contribution is 2.42. The smallest absolute Gasteiger partial charge is 0.329 e. The summed E-state index contributed by atoms with van der Waals surface area (Å²) in [6.45, 7) is 2.84. The Morgan fingerprint density at radius 3 is 2.52 bits per heavy atom. The summed E-state index contributed by atoms with van der Waals surface area (Å²) < 4.78 is 10.6. The summed E-state index contributed by atoms with van der Waals surface area (Å²) in [7, 11) is 5.16. The molecule has 0 aromatic heterocycles. The van der Waals surface area contributed by atoms with Gasteiger partial charge in [0.25, 0.3) is 5.91 Å². The summed E-state index contributed by atoms with van der Waals surface area (Å²) in [6, 6.07) is 5.46. The van der Waals surface area contributed by atoms with Crippen LogP contribution in [0.3, 0.4) is 0 Å². The summed E-state index contributed by atoms with van der Waals surface area (Å²) in [5.41, 5.74) is 0.327. The quantitative estimate of drug-likeness (QED) is 0.700. The zero-order valence-corrected chi connectivity index (χ0v) is 15.2. The second kappa shape index (κ2) is 6.55. The van der Waals surface area contributed by atoms with Gasteiger partial charge in [-0.1, -0.05) is 0 Å². The fourth-order valence-corrected chi connectivity index (χ4v) is 3.46. The second-order valence-electron chi connectivity index (χ2n) is 7.12. The van der Waals surface area contributed by atoms with Gasteiger partial charge in [-0.05, 0) is 43.9 Å². The molecule has 7 nitrogen and oxygen atoms in total. The summed E-state index contributed by atoms with van der Waals surface area (Å²) in [5, 5.41) is 2.88. The third kappa shape index (κ3) is 3.28. The molecule has 136 valence electrons. The minimum absolute atomic E-state index is 0.105. The maximum atomic E-state index is 12.7. The lowest BCUT2D eigenvalue weighted by molar-refractivity contribution is -0.901. The molecule has 1 heterocycles. The van der Waals surface area contributed by atoms with Gasteiger partial charge in [-0.15, -0.1) is 0 Å². The van der Waals surface area contributed by atoms with Crippen molar-refractivity contribution in [2.45, 2.75) is 31.8 Å². The van der Waals surface area contributed by atoms with Crippen molar-refractivity contribution < 1.29 is 24.0 Å². The molecule has 0 bridgehead atoms. The molecule has 1 aliphatic carbocycles. The monoisotopic (exact) mass is 348 g/mol. The van der Waals surface area contributed by atoms with E-state index in [1.165, 1.54) is 4.90 Å². The predicted molar refractivity (Wildman–Crippen MR) is 91.5 cm³/mol. The number of imide groups is 1. The standard InChI is InChI=1S/C18H25N3O4/c1-18(13-6-7-13)16(22)21(17(23)19-18)11-20(2)10-12-5-8-14(24-3)15(9-12)25-4/h5,8-9,13H,6-7,10-11H2,1-4H3,(H,19,23)/p+1/t18-/m0/s1. The van der Waals surface area contributed by atoms with Crippen molar-refractivity contribution in [1.82, 2.24) is 10.2 Å². The van der Waals surface area contributed by atoms with Gasteiger partial charge in [0.1, 0.15) is 12.1 Å². The highest BCUT2D eigenvalue weighted by molar-refractivity contribution is 6.07. The largest absolute Gasteiger partial charge is 0.493 e. The molecule has 2 atom stereocenters. The number of urea groups is 1. The molecular weight excluding hydrogens is 322 g/mol. The SMILES string of the molecule is COc1ccc(C[NH+](C)CN2C(=O)N[C@@](C)(C3CC3)C2=O)cc1OC. The number of hydrogen-bond acceptors (Lipinski definition) is 4. The van der Waals surface area contributed by atoms with Crippen LogP contribution in [0.4, 0.5) is 4.79 Å². The fourth-order valence-electron chi connectivity index (χ4n) is 3.46. The van der Waals surface area contributed by atoms with Crippen molar-refractivity contribution in [3.63, 3.8) is 0 Å². The zero-order chi connectivity index (χ0) is 18.2. The lowest BCUT2D eigenvalue weighted by Crippen LogP contribution is -3.09. The highest BCUT2D eigenvalue weighted by atomic mass is 16.5. The first-order valence-corrected chi connectivity index (χ1v) is 8.55. The van der Waals surface area contributed by atoms with E-state index in [-0.39, 0.29) is 17.9 Å². The van der Waals surface area contributed by atoms with Crippen LogP contribution in [0, 0.1) is 5.92 Å². The normalized spacial score (nSPS) is 24.2. The first kappa shape index (κ1) is 17.5. The van der Waals surface area contributed by atoms with Gasteiger partial charge in [0.15, 0.2) is 18.2 Å². The Labute approximate surface area is 147 Å². The van der Waals surface area contributed by atoms with Crippen LogP contribution in [-0.2, 0) is 11.3 Å². The molecule has 3 amide bonds. The number of quaternary nitrogens is 1. The lowest BCUT2D eigenvalue weighted by atomic mass is 9.96. The molecule has 7 heteroatoms. The van der Waals surface area contributed by atoms with E-state index in [1.54, 1.807) is 14.2 Å². The first-order chi connectivity index (χ1) is 11.9. The molecule has 1 saturated heterocycles. The van der Waals surface area contributed by atoms with E-state index < -0.39 is 5.54 Å². The number of methoxy groups -OCH3 is 2. The molecule has 1 aromatic rings. The molecule has 3 rings (SSSR count). The maximum Gasteiger partial charge on any atom is 0.329 e. The van der Waals surface area contributed by atoms with Crippen LogP contribution < -0.4 is 19.7 Å². The topological polar surface area (TPSA) is 72.3 Å². The van der Waals surface area contributed by atoms with Gasteiger partial charge in [-0.3, -0.25) is 4.79 Å². The van der Waals surface area contributed by atoms with E-state index in [2.05, 4.69) is 5.32 Å². The first-order valence-electron chi connectivity index (χ1n) is 8.55. The minimum Gasteiger partial charge on any atom is -0.493 e. The van der Waals surface area contributed by atoms with Crippen LogP contribution in [0.1, 0.15) is 25.3 Å². The minimum atomic E-state index is -0.722. The molecule has 0 radical (unpaired) electrons. The van der Waals surface area contributed by atoms with E-state index in [9.17, 15) is 9.59 Å². The molecular formula is C18H26N3O4+. The van der Waals surface area contributed by atoms with Crippen LogP contribution in [0.25, 0.3) is 0 Å². The third-order valence-corrected chi connectivity index (χ3v) is 5.08. The van der Waals surface area contributed by atoms with Crippen LogP contribution in [-0.4, -0.2) is 50.3 Å². The van der Waals surface area contributed by atoms with Crippen LogP contribution in [0.2, 0.25) is 0 Å². The van der Waals surface area contributed by atoms with Crippen molar-refractivity contribution in [2.75, 3.05) is 27.9 Å². The summed E-state index contributed by atoms with van der Waals surface area (Å²) in [4.78, 5) is 27.3. The molecule has 1 unspecified atom stereocenters. The second-order valence-corrected chi connectivity index (χ2v) is 7.12. The number of carbonyl (C=O) groups is 2. The lowest BCUT2D eigenvalue weighted by Gasteiger charge is -2.22. The zero-order valence-electron chi connectivity index (χ0n) is 15.2. The molecule has 1 aromatic carbocycles. The van der Waals surface area contributed by atoms with Gasteiger partial charge in [0.05, 0.1) is 21.3 Å². The Balaban J connectivity index is 1.65. The van der Waals surface area contributed by atoms with Crippen molar-refractivity contribution in [3.8, 4) is 11.5 Å². The highest BCUT2D eigenvalue weighted by Gasteiger charge is 2.56. The molecule has 0 spiro atoms. The van der Waals surface area contributed by atoms with E-state index in [0.29, 0.717) is 24.7 Å². The number of amides is 3. The van der Waals surface area contributed by atoms with Gasteiger partial charge in [-0.2, -0.15) is 0 Å². The summed E-state index contributed by atoms with van der Waals surface area (Å²) in [6.07, 6.45) is 2.01.